The average Bonchev–Trinajstić information content (AvgIpc) is 3.89. The molecule has 1 aliphatic rings. The molecule has 0 amide bonds. The molecule has 6 heteroatoms. The van der Waals surface area contributed by atoms with Crippen LogP contribution in [0.4, 0.5) is 11.4 Å². The summed E-state index contributed by atoms with van der Waals surface area (Å²) in [5.74, 6) is 2.09. The van der Waals surface area contributed by atoms with Gasteiger partial charge >= 0.3 is 0 Å². The summed E-state index contributed by atoms with van der Waals surface area (Å²) in [6.07, 6.45) is 1.93. The van der Waals surface area contributed by atoms with Crippen LogP contribution in [0.25, 0.3) is 38.8 Å². The third-order valence-corrected chi connectivity index (χ3v) is 14.4. The van der Waals surface area contributed by atoms with Gasteiger partial charge in [-0.3, -0.25) is 0 Å². The van der Waals surface area contributed by atoms with Crippen molar-refractivity contribution in [2.75, 3.05) is 9.80 Å². The number of anilines is 2. The molecule has 0 fully saturated rings. The Balaban J connectivity index is 0.00000711. The summed E-state index contributed by atoms with van der Waals surface area (Å²) < 4.78 is 9.47. The maximum atomic E-state index is 7.21. The van der Waals surface area contributed by atoms with Crippen LogP contribution in [0.2, 0.25) is 0 Å². The molecule has 0 spiro atoms. The number of hydrogen-bond donors (Lipinski definition) is 0. The van der Waals surface area contributed by atoms with E-state index in [2.05, 4.69) is 284 Å². The molecule has 8 aromatic rings. The topological polar surface area (TPSA) is 33.5 Å². The van der Waals surface area contributed by atoms with E-state index in [9.17, 15) is 0 Å². The smallest absolute Gasteiger partial charge is 0.135 e. The minimum Gasteiger partial charge on any atom is -0.509 e. The molecule has 6 aromatic carbocycles. The Kier molecular flexibility index (Phi) is 14.0. The van der Waals surface area contributed by atoms with Crippen LogP contribution in [0.15, 0.2) is 151 Å². The van der Waals surface area contributed by atoms with Gasteiger partial charge in [-0.2, -0.15) is 0 Å². The Morgan fingerprint density at radius 1 is 0.479 bits per heavy atom. The van der Waals surface area contributed by atoms with E-state index in [4.69, 9.17) is 9.72 Å². The van der Waals surface area contributed by atoms with E-state index in [1.807, 2.05) is 6.20 Å². The van der Waals surface area contributed by atoms with Crippen LogP contribution in [-0.2, 0) is 42.7 Å². The van der Waals surface area contributed by atoms with Gasteiger partial charge in [0.15, 0.2) is 0 Å². The second-order valence-electron chi connectivity index (χ2n) is 25.7. The van der Waals surface area contributed by atoms with E-state index < -0.39 is 0 Å². The Bertz CT molecular complexity index is 3340. The molecule has 0 aliphatic carbocycles. The molecular formula is C67H75N4OPt-3. The number of para-hydroxylation sites is 1. The Hall–Kier alpha value is -5.90. The summed E-state index contributed by atoms with van der Waals surface area (Å²) in [4.78, 5) is 9.85. The van der Waals surface area contributed by atoms with Crippen LogP contribution in [0.5, 0.6) is 11.5 Å². The van der Waals surface area contributed by atoms with Gasteiger partial charge in [0.1, 0.15) is 5.82 Å². The van der Waals surface area contributed by atoms with Gasteiger partial charge in [-0.05, 0) is 79.8 Å². The maximum absolute atomic E-state index is 7.21. The Labute approximate surface area is 452 Å². The summed E-state index contributed by atoms with van der Waals surface area (Å²) >= 11 is 0. The van der Waals surface area contributed by atoms with Crippen LogP contribution in [0, 0.1) is 29.6 Å². The first kappa shape index (κ1) is 53.4. The Morgan fingerprint density at radius 2 is 1.05 bits per heavy atom. The molecule has 73 heavy (non-hydrogen) atoms. The van der Waals surface area contributed by atoms with Crippen molar-refractivity contribution in [1.29, 1.82) is 0 Å². The number of rotatable bonds is 8. The summed E-state index contributed by atoms with van der Waals surface area (Å²) in [5.41, 5.74) is 13.8. The van der Waals surface area contributed by atoms with Crippen molar-refractivity contribution in [1.82, 2.24) is 9.55 Å². The zero-order valence-corrected chi connectivity index (χ0v) is 48.6. The SMILES string of the molecule is CC(C)(C)C1=C(C(C)(C)C)N(c2cc(C(C)(C)C)cc(C(C)(C)c3ccccc3)c2)[CH-]N1c1[c-]c(Oc2[c-]c3c(c(C(C)(C)C)c2)c2ccccc2n3-c2cc(C(C)(C)C)ccn2)cc(-c2ccccc2)c1.[Pt]. The van der Waals surface area contributed by atoms with Crippen molar-refractivity contribution in [3.05, 3.63) is 198 Å². The number of ether oxygens (including phenoxy) is 1. The number of fused-ring (bicyclic) bond motifs is 3. The molecule has 5 nitrogen and oxygen atoms in total. The maximum Gasteiger partial charge on any atom is 0.135 e. The van der Waals surface area contributed by atoms with Gasteiger partial charge in [0.2, 0.25) is 0 Å². The largest absolute Gasteiger partial charge is 0.509 e. The molecule has 0 bridgehead atoms. The number of hydrogen-bond acceptors (Lipinski definition) is 4. The molecule has 3 heterocycles. The molecule has 0 atom stereocenters. The molecule has 0 unspecified atom stereocenters. The van der Waals surface area contributed by atoms with E-state index >= 15 is 0 Å². The quantitative estimate of drug-likeness (QED) is 0.142. The van der Waals surface area contributed by atoms with E-state index in [1.165, 1.54) is 39.2 Å². The summed E-state index contributed by atoms with van der Waals surface area (Å²) in [6.45, 7) is 41.5. The van der Waals surface area contributed by atoms with Crippen LogP contribution >= 0.6 is 0 Å². The first-order chi connectivity index (χ1) is 33.6. The van der Waals surface area contributed by atoms with Crippen LogP contribution in [0.1, 0.15) is 146 Å². The number of nitrogens with zero attached hydrogens (tertiary/aromatic N) is 4. The molecule has 2 aromatic heterocycles. The summed E-state index contributed by atoms with van der Waals surface area (Å²) in [6, 6.07) is 56.0. The zero-order valence-electron chi connectivity index (χ0n) is 46.4. The van der Waals surface area contributed by atoms with Gasteiger partial charge in [0.05, 0.1) is 0 Å². The fourth-order valence-electron chi connectivity index (χ4n) is 10.3. The molecule has 0 saturated carbocycles. The first-order valence-corrected chi connectivity index (χ1v) is 25.8. The summed E-state index contributed by atoms with van der Waals surface area (Å²) in [5, 5.41) is 2.32. The van der Waals surface area contributed by atoms with Gasteiger partial charge in [0.25, 0.3) is 0 Å². The van der Waals surface area contributed by atoms with Crippen molar-refractivity contribution in [3.63, 3.8) is 0 Å². The third kappa shape index (κ3) is 10.5. The molecule has 382 valence electrons. The van der Waals surface area contributed by atoms with Crippen LogP contribution < -0.4 is 14.5 Å². The fraction of sp³-hybridized carbons (Fsp3) is 0.343. The number of aromatic nitrogens is 2. The van der Waals surface area contributed by atoms with Crippen molar-refractivity contribution in [2.45, 2.75) is 139 Å². The zero-order chi connectivity index (χ0) is 51.9. The van der Waals surface area contributed by atoms with Crippen molar-refractivity contribution in [2.24, 2.45) is 10.8 Å². The predicted octanol–water partition coefficient (Wildman–Crippen LogP) is 18.2. The van der Waals surface area contributed by atoms with Crippen LogP contribution in [-0.4, -0.2) is 9.55 Å². The van der Waals surface area contributed by atoms with E-state index in [1.54, 1.807) is 0 Å². The van der Waals surface area contributed by atoms with Gasteiger partial charge in [0, 0.05) is 77.6 Å². The molecule has 0 saturated heterocycles. The van der Waals surface area contributed by atoms with E-state index in [0.29, 0.717) is 11.5 Å². The fourth-order valence-corrected chi connectivity index (χ4v) is 10.3. The van der Waals surface area contributed by atoms with Gasteiger partial charge in [-0.25, -0.2) is 4.98 Å². The van der Waals surface area contributed by atoms with Crippen LogP contribution in [0.3, 0.4) is 0 Å². The molecular weight excluding hydrogens is 1070 g/mol. The standard InChI is InChI=1S/C67H75N4O.Pt/c1-62(2,3)47-32-33-68-58(39-47)71-56-31-25-24-30-54(56)59-55(64(7,8)9)41-53(42-57(59)71)72-52-35-45(44-26-20-18-21-27-44)34-50(40-52)69-43-70(61(66(13,14)15)60(69)65(10,11)12)51-37-48(63(4,5)6)36-49(38-51)67(16,17)46-28-22-19-23-29-46;/h18-39,41,43H,1-17H3;/q-3;. The first-order valence-electron chi connectivity index (χ1n) is 25.8. The second kappa shape index (κ2) is 19.1. The molecule has 1 aliphatic heterocycles. The minimum atomic E-state index is -0.272. The van der Waals surface area contributed by atoms with Gasteiger partial charge < -0.3 is 19.1 Å². The van der Waals surface area contributed by atoms with E-state index in [0.717, 1.165) is 50.1 Å². The number of allylic oxidation sites excluding steroid dienone is 2. The minimum absolute atomic E-state index is 0. The number of pyridine rings is 1. The molecule has 9 rings (SSSR count). The normalized spacial score (nSPS) is 14.1. The molecule has 0 N–H and O–H groups in total. The van der Waals surface area contributed by atoms with E-state index in [-0.39, 0.29) is 53.6 Å². The second-order valence-corrected chi connectivity index (χ2v) is 25.7. The third-order valence-electron chi connectivity index (χ3n) is 14.4. The van der Waals surface area contributed by atoms with Crippen molar-refractivity contribution in [3.8, 4) is 28.4 Å². The van der Waals surface area contributed by atoms with Gasteiger partial charge in [-0.1, -0.05) is 214 Å². The van der Waals surface area contributed by atoms with Crippen molar-refractivity contribution >= 4 is 33.2 Å². The summed E-state index contributed by atoms with van der Waals surface area (Å²) in [7, 11) is 0. The van der Waals surface area contributed by atoms with Gasteiger partial charge in [-0.15, -0.1) is 53.8 Å². The monoisotopic (exact) mass is 1150 g/mol. The average molecular weight is 1150 g/mol. The predicted molar refractivity (Wildman–Crippen MR) is 305 cm³/mol. The molecule has 0 radical (unpaired) electrons. The number of benzene rings is 6. The Morgan fingerprint density at radius 3 is 1.67 bits per heavy atom. The van der Waals surface area contributed by atoms with Crippen molar-refractivity contribution < 1.29 is 25.8 Å².